The fourth-order valence-electron chi connectivity index (χ4n) is 5.31. The Hall–Kier alpha value is -4.39. The van der Waals surface area contributed by atoms with Crippen LogP contribution in [-0.2, 0) is 22.5 Å². The molecular formula is C28H23N3O4. The molecule has 0 bridgehead atoms. The van der Waals surface area contributed by atoms with Crippen molar-refractivity contribution in [1.29, 1.82) is 0 Å². The van der Waals surface area contributed by atoms with E-state index in [-0.39, 0.29) is 18.5 Å². The lowest BCUT2D eigenvalue weighted by Crippen LogP contribution is -2.44. The van der Waals surface area contributed by atoms with E-state index in [2.05, 4.69) is 4.98 Å². The SMILES string of the molecule is COC(=O)c1ccc(C2c3[nH]c4ccccc4c3CC3C(=O)N(Cc4ccccc4)C(=O)N32)cc1. The van der Waals surface area contributed by atoms with Gasteiger partial charge in [-0.25, -0.2) is 9.59 Å². The second-order valence-electron chi connectivity index (χ2n) is 8.90. The van der Waals surface area contributed by atoms with Crippen LogP contribution in [0.1, 0.15) is 38.8 Å². The summed E-state index contributed by atoms with van der Waals surface area (Å²) >= 11 is 0. The summed E-state index contributed by atoms with van der Waals surface area (Å²) in [6.45, 7) is 0.230. The average Bonchev–Trinajstić information content (AvgIpc) is 3.38. The number of fused-ring (bicyclic) bond motifs is 4. The minimum absolute atomic E-state index is 0.189. The Labute approximate surface area is 201 Å². The molecule has 174 valence electrons. The minimum Gasteiger partial charge on any atom is -0.465 e. The number of rotatable bonds is 4. The Morgan fingerprint density at radius 1 is 0.971 bits per heavy atom. The van der Waals surface area contributed by atoms with E-state index in [1.807, 2.05) is 66.7 Å². The summed E-state index contributed by atoms with van der Waals surface area (Å²) in [6.07, 6.45) is 0.450. The predicted molar refractivity (Wildman–Crippen MR) is 130 cm³/mol. The molecule has 1 fully saturated rings. The smallest absolute Gasteiger partial charge is 0.337 e. The Morgan fingerprint density at radius 3 is 2.43 bits per heavy atom. The van der Waals surface area contributed by atoms with Gasteiger partial charge in [0.15, 0.2) is 0 Å². The van der Waals surface area contributed by atoms with Crippen LogP contribution in [0.3, 0.4) is 0 Å². The van der Waals surface area contributed by atoms with E-state index in [0.717, 1.165) is 33.3 Å². The highest BCUT2D eigenvalue weighted by atomic mass is 16.5. The van der Waals surface area contributed by atoms with E-state index >= 15 is 0 Å². The van der Waals surface area contributed by atoms with Crippen molar-refractivity contribution < 1.29 is 19.1 Å². The number of amides is 3. The number of urea groups is 1. The number of benzene rings is 3. The lowest BCUT2D eigenvalue weighted by Gasteiger charge is -2.36. The number of methoxy groups -OCH3 is 1. The van der Waals surface area contributed by atoms with Crippen molar-refractivity contribution in [3.63, 3.8) is 0 Å². The highest BCUT2D eigenvalue weighted by molar-refractivity contribution is 6.05. The third-order valence-electron chi connectivity index (χ3n) is 6.97. The summed E-state index contributed by atoms with van der Waals surface area (Å²) in [5.74, 6) is -0.614. The van der Waals surface area contributed by atoms with Crippen LogP contribution in [0.2, 0.25) is 0 Å². The zero-order valence-corrected chi connectivity index (χ0v) is 19.1. The molecule has 6 rings (SSSR count). The molecule has 0 aliphatic carbocycles. The number of H-pyrrole nitrogens is 1. The molecule has 3 heterocycles. The van der Waals surface area contributed by atoms with Crippen LogP contribution in [0.4, 0.5) is 4.79 Å². The lowest BCUT2D eigenvalue weighted by molar-refractivity contribution is -0.129. The topological polar surface area (TPSA) is 82.7 Å². The number of hydrogen-bond acceptors (Lipinski definition) is 4. The maximum Gasteiger partial charge on any atom is 0.337 e. The van der Waals surface area contributed by atoms with Crippen LogP contribution < -0.4 is 0 Å². The van der Waals surface area contributed by atoms with Gasteiger partial charge >= 0.3 is 12.0 Å². The number of aromatic nitrogens is 1. The molecule has 3 amide bonds. The van der Waals surface area contributed by atoms with E-state index < -0.39 is 18.1 Å². The average molecular weight is 466 g/mol. The van der Waals surface area contributed by atoms with Crippen molar-refractivity contribution in [3.05, 3.63) is 107 Å². The highest BCUT2D eigenvalue weighted by Gasteiger charge is 2.52. The van der Waals surface area contributed by atoms with Crippen LogP contribution in [0.15, 0.2) is 78.9 Å². The molecule has 1 N–H and O–H groups in total. The van der Waals surface area contributed by atoms with Crippen molar-refractivity contribution in [2.24, 2.45) is 0 Å². The highest BCUT2D eigenvalue weighted by Crippen LogP contribution is 2.44. The zero-order valence-electron chi connectivity index (χ0n) is 19.1. The third kappa shape index (κ3) is 3.31. The number of carbonyl (C=O) groups is 3. The lowest BCUT2D eigenvalue weighted by atomic mass is 9.88. The van der Waals surface area contributed by atoms with Crippen molar-refractivity contribution in [3.8, 4) is 0 Å². The number of nitrogens with one attached hydrogen (secondary N) is 1. The number of esters is 1. The van der Waals surface area contributed by atoms with Gasteiger partial charge in [-0.15, -0.1) is 0 Å². The van der Waals surface area contributed by atoms with Gasteiger partial charge in [0.2, 0.25) is 0 Å². The minimum atomic E-state index is -0.594. The van der Waals surface area contributed by atoms with Crippen molar-refractivity contribution in [2.75, 3.05) is 7.11 Å². The van der Waals surface area contributed by atoms with Crippen molar-refractivity contribution in [2.45, 2.75) is 25.0 Å². The van der Waals surface area contributed by atoms with Gasteiger partial charge < -0.3 is 9.72 Å². The number of imide groups is 1. The third-order valence-corrected chi connectivity index (χ3v) is 6.97. The summed E-state index contributed by atoms with van der Waals surface area (Å²) in [4.78, 5) is 45.8. The quantitative estimate of drug-likeness (QED) is 0.357. The maximum atomic E-state index is 13.7. The maximum absolute atomic E-state index is 13.7. The molecule has 7 heteroatoms. The van der Waals surface area contributed by atoms with Gasteiger partial charge in [-0.2, -0.15) is 0 Å². The molecule has 2 unspecified atom stereocenters. The Morgan fingerprint density at radius 2 is 1.69 bits per heavy atom. The zero-order chi connectivity index (χ0) is 24.1. The predicted octanol–water partition coefficient (Wildman–Crippen LogP) is 4.43. The fourth-order valence-corrected chi connectivity index (χ4v) is 5.31. The summed E-state index contributed by atoms with van der Waals surface area (Å²) in [5.41, 5.74) is 5.06. The van der Waals surface area contributed by atoms with E-state index in [0.29, 0.717) is 12.0 Å². The molecule has 3 aromatic carbocycles. The van der Waals surface area contributed by atoms with E-state index in [1.165, 1.54) is 12.0 Å². The van der Waals surface area contributed by atoms with Gasteiger partial charge in [0.05, 0.1) is 19.2 Å². The van der Waals surface area contributed by atoms with E-state index in [1.54, 1.807) is 17.0 Å². The summed E-state index contributed by atoms with van der Waals surface area (Å²) in [6, 6.07) is 23.2. The number of hydrogen-bond donors (Lipinski definition) is 1. The summed E-state index contributed by atoms with van der Waals surface area (Å²) in [7, 11) is 1.34. The van der Waals surface area contributed by atoms with Crippen molar-refractivity contribution >= 4 is 28.8 Å². The standard InChI is InChI=1S/C28H23N3O4/c1-35-27(33)19-13-11-18(12-14-19)25-24-21(20-9-5-6-10-22(20)29-24)15-23-26(32)30(28(34)31(23)25)16-17-7-3-2-4-8-17/h2-14,23,25,29H,15-16H2,1H3. The molecule has 2 atom stereocenters. The van der Waals surface area contributed by atoms with Gasteiger partial charge in [-0.05, 0) is 34.9 Å². The van der Waals surface area contributed by atoms with Crippen LogP contribution in [0, 0.1) is 0 Å². The van der Waals surface area contributed by atoms with E-state index in [4.69, 9.17) is 4.74 Å². The summed E-state index contributed by atoms with van der Waals surface area (Å²) in [5, 5.41) is 1.06. The number of ether oxygens (including phenoxy) is 1. The van der Waals surface area contributed by atoms with Gasteiger partial charge in [0.1, 0.15) is 12.1 Å². The number of carbonyl (C=O) groups excluding carboxylic acids is 3. The Bertz CT molecular complexity index is 1460. The van der Waals surface area contributed by atoms with Crippen LogP contribution in [0.25, 0.3) is 10.9 Å². The van der Waals surface area contributed by atoms with Crippen LogP contribution in [-0.4, -0.2) is 45.8 Å². The molecule has 4 aromatic rings. The van der Waals surface area contributed by atoms with Crippen LogP contribution in [0.5, 0.6) is 0 Å². The first kappa shape index (κ1) is 21.2. The van der Waals surface area contributed by atoms with Gasteiger partial charge in [-0.3, -0.25) is 14.6 Å². The molecule has 7 nitrogen and oxygen atoms in total. The molecule has 0 spiro atoms. The van der Waals surface area contributed by atoms with Gasteiger partial charge in [-0.1, -0.05) is 60.7 Å². The van der Waals surface area contributed by atoms with Crippen molar-refractivity contribution in [1.82, 2.24) is 14.8 Å². The van der Waals surface area contributed by atoms with Gasteiger partial charge in [0, 0.05) is 23.0 Å². The first-order valence-corrected chi connectivity index (χ1v) is 11.5. The van der Waals surface area contributed by atoms with Gasteiger partial charge in [0.25, 0.3) is 5.91 Å². The molecular weight excluding hydrogens is 442 g/mol. The second kappa shape index (κ2) is 8.13. The second-order valence-corrected chi connectivity index (χ2v) is 8.90. The summed E-state index contributed by atoms with van der Waals surface area (Å²) < 4.78 is 4.83. The molecule has 1 aromatic heterocycles. The normalized spacial score (nSPS) is 19.1. The first-order valence-electron chi connectivity index (χ1n) is 11.5. The molecule has 1 saturated heterocycles. The Kier molecular flexibility index (Phi) is 4.91. The van der Waals surface area contributed by atoms with Crippen LogP contribution >= 0.6 is 0 Å². The number of nitrogens with zero attached hydrogens (tertiary/aromatic N) is 2. The molecule has 2 aliphatic heterocycles. The number of para-hydroxylation sites is 1. The molecule has 2 aliphatic rings. The molecule has 35 heavy (non-hydrogen) atoms. The largest absolute Gasteiger partial charge is 0.465 e. The fraction of sp³-hybridized carbons (Fsp3) is 0.179. The van der Waals surface area contributed by atoms with E-state index in [9.17, 15) is 14.4 Å². The number of aromatic amines is 1. The first-order chi connectivity index (χ1) is 17.1. The Balaban J connectivity index is 1.46. The molecule has 0 radical (unpaired) electrons. The molecule has 0 saturated carbocycles. The monoisotopic (exact) mass is 465 g/mol.